The van der Waals surface area contributed by atoms with E-state index in [1.807, 2.05) is 32.9 Å². The number of carbonyl (C=O) groups is 1. The van der Waals surface area contributed by atoms with Crippen LogP contribution in [0, 0.1) is 12.7 Å². The highest BCUT2D eigenvalue weighted by Gasteiger charge is 2.40. The molecular weight excluding hydrogens is 660 g/mol. The van der Waals surface area contributed by atoms with Gasteiger partial charge in [-0.25, -0.2) is 18.7 Å². The number of nitrogens with one attached hydrogen (secondary N) is 2. The van der Waals surface area contributed by atoms with Gasteiger partial charge in [0.25, 0.3) is 0 Å². The first-order valence-electron chi connectivity index (χ1n) is 14.5. The number of hydrogen-bond acceptors (Lipinski definition) is 11. The minimum Gasteiger partial charge on any atom is -0.488 e. The zero-order valence-corrected chi connectivity index (χ0v) is 30.1. The molecule has 3 rings (SSSR count). The first-order chi connectivity index (χ1) is 21.1. The zero-order valence-electron chi connectivity index (χ0n) is 27.6. The Morgan fingerprint density at radius 2 is 1.65 bits per heavy atom. The van der Waals surface area contributed by atoms with E-state index >= 15 is 4.39 Å². The van der Waals surface area contributed by atoms with E-state index in [4.69, 9.17) is 29.9 Å². The Morgan fingerprint density at radius 1 is 1.04 bits per heavy atom. The van der Waals surface area contributed by atoms with Crippen LogP contribution in [0.25, 0.3) is 21.1 Å². The van der Waals surface area contributed by atoms with Crippen LogP contribution < -0.4 is 15.4 Å². The molecule has 0 unspecified atom stereocenters. The quantitative estimate of drug-likeness (QED) is 0.147. The molecule has 0 aliphatic rings. The number of ether oxygens (including phenoxy) is 1. The van der Waals surface area contributed by atoms with Gasteiger partial charge in [-0.15, -0.1) is 10.2 Å². The summed E-state index contributed by atoms with van der Waals surface area (Å²) in [4.78, 5) is 16.1. The molecular formula is C30H42ClFN5O7PS. The topological polar surface area (TPSA) is 154 Å². The lowest BCUT2D eigenvalue weighted by Crippen LogP contribution is -2.46. The molecule has 2 atom stereocenters. The van der Waals surface area contributed by atoms with Gasteiger partial charge in [0.15, 0.2) is 11.6 Å². The normalized spacial score (nSPS) is 13.8. The molecule has 0 aliphatic carbocycles. The molecule has 0 fully saturated rings. The maximum absolute atomic E-state index is 15.3. The van der Waals surface area contributed by atoms with E-state index in [2.05, 4.69) is 25.8 Å². The van der Waals surface area contributed by atoms with Crippen molar-refractivity contribution in [2.75, 3.05) is 11.9 Å². The fourth-order valence-corrected chi connectivity index (χ4v) is 7.24. The van der Waals surface area contributed by atoms with Gasteiger partial charge < -0.3 is 20.5 Å². The van der Waals surface area contributed by atoms with Gasteiger partial charge in [0.05, 0.1) is 28.4 Å². The van der Waals surface area contributed by atoms with Gasteiger partial charge in [0.2, 0.25) is 0 Å². The second kappa shape index (κ2) is 14.9. The van der Waals surface area contributed by atoms with Crippen LogP contribution in [0.15, 0.2) is 24.3 Å². The summed E-state index contributed by atoms with van der Waals surface area (Å²) in [7, 11) is -4.20. The average Bonchev–Trinajstić information content (AvgIpc) is 3.34. The van der Waals surface area contributed by atoms with Crippen molar-refractivity contribution in [1.82, 2.24) is 20.5 Å². The number of halogens is 2. The van der Waals surface area contributed by atoms with Crippen LogP contribution in [0.2, 0.25) is 5.02 Å². The summed E-state index contributed by atoms with van der Waals surface area (Å²) in [6, 6.07) is 5.27. The van der Waals surface area contributed by atoms with Gasteiger partial charge in [-0.1, -0.05) is 22.9 Å². The van der Waals surface area contributed by atoms with Crippen LogP contribution in [0.3, 0.4) is 0 Å². The van der Waals surface area contributed by atoms with Crippen molar-refractivity contribution in [3.05, 3.63) is 40.8 Å². The number of hydrogen-bond donors (Lipinski definition) is 3. The van der Waals surface area contributed by atoms with Crippen molar-refractivity contribution >= 4 is 42.7 Å². The molecule has 0 radical (unpaired) electrons. The van der Waals surface area contributed by atoms with Crippen molar-refractivity contribution in [2.45, 2.75) is 98.6 Å². The van der Waals surface area contributed by atoms with E-state index in [9.17, 15) is 14.5 Å². The number of carboxylic acid groups (broad SMARTS) is 1. The first-order valence-corrected chi connectivity index (χ1v) is 17.2. The maximum Gasteiger partial charge on any atom is 0.476 e. The number of aryl methyl sites for hydroxylation is 1. The Hall–Kier alpha value is -2.87. The van der Waals surface area contributed by atoms with Crippen molar-refractivity contribution in [2.24, 2.45) is 0 Å². The Bertz CT molecular complexity index is 1560. The van der Waals surface area contributed by atoms with E-state index in [1.165, 1.54) is 30.4 Å². The molecule has 0 spiro atoms. The molecule has 12 nitrogen and oxygen atoms in total. The maximum atomic E-state index is 15.3. The number of phosphoric ester groups is 1. The third kappa shape index (κ3) is 11.4. The SMILES string of the molecule is Cc1cc(-c2nnc(-c3cc(F)c(OC[C@H](NC(=O)O)[C@H](C)OP(=O)(OC(C)(C)C)OC(C)(C)C)cc3Cl)s2)cc(NC(C)C)n1. The fourth-order valence-electron chi connectivity index (χ4n) is 4.06. The molecule has 1 amide bonds. The number of anilines is 1. The van der Waals surface area contributed by atoms with E-state index in [1.54, 1.807) is 41.5 Å². The number of aromatic nitrogens is 3. The predicted molar refractivity (Wildman–Crippen MR) is 177 cm³/mol. The van der Waals surface area contributed by atoms with Gasteiger partial charge in [-0.2, -0.15) is 0 Å². The molecule has 0 aliphatic heterocycles. The molecule has 2 aromatic heterocycles. The molecule has 2 heterocycles. The van der Waals surface area contributed by atoms with Crippen LogP contribution in [0.5, 0.6) is 5.75 Å². The van der Waals surface area contributed by atoms with E-state index in [0.29, 0.717) is 21.4 Å². The summed E-state index contributed by atoms with van der Waals surface area (Å²) in [5, 5.41) is 24.6. The molecule has 0 saturated heterocycles. The van der Waals surface area contributed by atoms with Crippen LogP contribution in [0.4, 0.5) is 15.0 Å². The average molecular weight is 702 g/mol. The van der Waals surface area contributed by atoms with Crippen molar-refractivity contribution in [3.63, 3.8) is 0 Å². The third-order valence-corrected chi connectivity index (χ3v) is 9.13. The van der Waals surface area contributed by atoms with Gasteiger partial charge in [-0.3, -0.25) is 13.6 Å². The fraction of sp³-hybridized carbons (Fsp3) is 0.533. The molecule has 0 saturated carbocycles. The molecule has 16 heteroatoms. The summed E-state index contributed by atoms with van der Waals surface area (Å²) in [5.74, 6) is -0.300. The monoisotopic (exact) mass is 701 g/mol. The van der Waals surface area contributed by atoms with Gasteiger partial charge in [0.1, 0.15) is 22.4 Å². The standard InChI is InChI=1S/C30H42ClFN5O7PS/c1-16(2)33-25-12-19(11-17(3)34-25)26-36-37-27(46-26)20-13-22(32)24(14-21(20)31)41-15-23(35-28(38)39)18(4)42-45(40,43-29(5,6)7)44-30(8,9)10/h11-14,16,18,23,35H,15H2,1-10H3,(H,33,34)(H,38,39)/t18-,23-/m0/s1. The van der Waals surface area contributed by atoms with Gasteiger partial charge in [-0.05, 0) is 87.4 Å². The molecule has 46 heavy (non-hydrogen) atoms. The van der Waals surface area contributed by atoms with Crippen molar-refractivity contribution in [1.29, 1.82) is 0 Å². The minimum absolute atomic E-state index is 0.140. The second-order valence-corrected chi connectivity index (χ2v) is 15.7. The lowest BCUT2D eigenvalue weighted by Gasteiger charge is -2.34. The Morgan fingerprint density at radius 3 is 2.22 bits per heavy atom. The highest BCUT2D eigenvalue weighted by Crippen LogP contribution is 2.56. The number of rotatable bonds is 13. The van der Waals surface area contributed by atoms with Crippen LogP contribution in [0.1, 0.15) is 68.0 Å². The van der Waals surface area contributed by atoms with E-state index < -0.39 is 49.7 Å². The summed E-state index contributed by atoms with van der Waals surface area (Å²) < 4.78 is 51.6. The predicted octanol–water partition coefficient (Wildman–Crippen LogP) is 8.35. The summed E-state index contributed by atoms with van der Waals surface area (Å²) in [5.41, 5.74) is 0.0813. The highest BCUT2D eigenvalue weighted by atomic mass is 35.5. The second-order valence-electron chi connectivity index (χ2n) is 12.9. The van der Waals surface area contributed by atoms with Crippen LogP contribution in [-0.4, -0.2) is 62.4 Å². The Balaban J connectivity index is 1.81. The third-order valence-electron chi connectivity index (χ3n) is 5.67. The summed E-state index contributed by atoms with van der Waals surface area (Å²) >= 11 is 7.77. The largest absolute Gasteiger partial charge is 0.488 e. The molecule has 254 valence electrons. The Kier molecular flexibility index (Phi) is 12.2. The molecule has 3 aromatic rings. The number of nitrogens with zero attached hydrogens (tertiary/aromatic N) is 3. The van der Waals surface area contributed by atoms with Crippen LogP contribution >= 0.6 is 30.8 Å². The zero-order chi connectivity index (χ0) is 34.6. The van der Waals surface area contributed by atoms with Crippen LogP contribution in [-0.2, 0) is 18.1 Å². The highest BCUT2D eigenvalue weighted by molar-refractivity contribution is 7.48. The van der Waals surface area contributed by atoms with Crippen molar-refractivity contribution < 1.29 is 37.2 Å². The first kappa shape index (κ1) is 37.6. The minimum atomic E-state index is -4.20. The summed E-state index contributed by atoms with van der Waals surface area (Å²) in [6.07, 6.45) is -2.48. The number of phosphoric acid groups is 1. The summed E-state index contributed by atoms with van der Waals surface area (Å²) in [6.45, 7) is 17.0. The number of benzene rings is 1. The van der Waals surface area contributed by atoms with Gasteiger partial charge in [0, 0.05) is 28.9 Å². The number of amides is 1. The molecule has 0 bridgehead atoms. The molecule has 1 aromatic carbocycles. The van der Waals surface area contributed by atoms with E-state index in [-0.39, 0.29) is 16.8 Å². The molecule has 3 N–H and O–H groups in total. The van der Waals surface area contributed by atoms with Crippen molar-refractivity contribution in [3.8, 4) is 26.9 Å². The lowest BCUT2D eigenvalue weighted by molar-refractivity contribution is -0.0162. The number of pyridine rings is 1. The lowest BCUT2D eigenvalue weighted by atomic mass is 10.2. The van der Waals surface area contributed by atoms with E-state index in [0.717, 1.165) is 11.3 Å². The smallest absolute Gasteiger partial charge is 0.476 e. The van der Waals surface area contributed by atoms with Gasteiger partial charge >= 0.3 is 13.9 Å². The Labute approximate surface area is 278 Å².